The molecule has 0 saturated carbocycles. The highest BCUT2D eigenvalue weighted by atomic mass is 32.2. The van der Waals surface area contributed by atoms with Crippen LogP contribution in [0.5, 0.6) is 5.75 Å². The summed E-state index contributed by atoms with van der Waals surface area (Å²) in [5.41, 5.74) is 2.39. The fraction of sp³-hybridized carbons (Fsp3) is 0.316. The molecule has 1 amide bonds. The summed E-state index contributed by atoms with van der Waals surface area (Å²) in [5, 5.41) is 2.73. The van der Waals surface area contributed by atoms with Crippen molar-refractivity contribution < 1.29 is 17.9 Å². The van der Waals surface area contributed by atoms with Gasteiger partial charge < -0.3 is 15.0 Å². The number of benzene rings is 2. The smallest absolute Gasteiger partial charge is 0.239 e. The molecule has 0 heterocycles. The first-order valence-electron chi connectivity index (χ1n) is 8.34. The minimum atomic E-state index is -3.55. The molecule has 0 aromatic heterocycles. The fourth-order valence-electron chi connectivity index (χ4n) is 2.43. The van der Waals surface area contributed by atoms with Gasteiger partial charge in [0, 0.05) is 32.0 Å². The summed E-state index contributed by atoms with van der Waals surface area (Å²) in [6, 6.07) is 14.4. The molecule has 2 aromatic carbocycles. The van der Waals surface area contributed by atoms with Gasteiger partial charge in [-0.2, -0.15) is 4.31 Å². The SMILES string of the molecule is COc1ccc(CN(CC(=O)Nc2ccc(N(C)C)cc2)S(C)(=O)=O)cc1. The number of carbonyl (C=O) groups is 1. The number of anilines is 2. The maximum atomic E-state index is 12.3. The number of ether oxygens (including phenoxy) is 1. The van der Waals surface area contributed by atoms with Gasteiger partial charge in [-0.1, -0.05) is 12.1 Å². The number of hydrogen-bond donors (Lipinski definition) is 1. The average Bonchev–Trinajstić information content (AvgIpc) is 2.61. The van der Waals surface area contributed by atoms with Crippen LogP contribution in [0.4, 0.5) is 11.4 Å². The third kappa shape index (κ3) is 6.26. The van der Waals surface area contributed by atoms with Crippen LogP contribution >= 0.6 is 0 Å². The first kappa shape index (κ1) is 20.7. The summed E-state index contributed by atoms with van der Waals surface area (Å²) in [7, 11) is 1.87. The van der Waals surface area contributed by atoms with E-state index in [2.05, 4.69) is 5.32 Å². The highest BCUT2D eigenvalue weighted by Crippen LogP contribution is 2.17. The number of hydrogen-bond acceptors (Lipinski definition) is 5. The van der Waals surface area contributed by atoms with Crippen molar-refractivity contribution in [3.63, 3.8) is 0 Å². The second-order valence-electron chi connectivity index (χ2n) is 6.37. The minimum absolute atomic E-state index is 0.107. The van der Waals surface area contributed by atoms with Gasteiger partial charge in [0.1, 0.15) is 5.75 Å². The van der Waals surface area contributed by atoms with Gasteiger partial charge in [-0.15, -0.1) is 0 Å². The number of nitrogens with one attached hydrogen (secondary N) is 1. The van der Waals surface area contributed by atoms with Crippen LogP contribution in [-0.4, -0.2) is 52.6 Å². The molecule has 0 aliphatic carbocycles. The van der Waals surface area contributed by atoms with Crippen LogP contribution in [0.2, 0.25) is 0 Å². The van der Waals surface area contributed by atoms with Gasteiger partial charge in [0.2, 0.25) is 15.9 Å². The van der Waals surface area contributed by atoms with E-state index in [1.807, 2.05) is 31.1 Å². The third-order valence-electron chi connectivity index (χ3n) is 3.97. The van der Waals surface area contributed by atoms with Crippen molar-refractivity contribution in [2.75, 3.05) is 44.2 Å². The highest BCUT2D eigenvalue weighted by Gasteiger charge is 2.20. The highest BCUT2D eigenvalue weighted by molar-refractivity contribution is 7.88. The van der Waals surface area contributed by atoms with Crippen molar-refractivity contribution in [2.45, 2.75) is 6.54 Å². The Hall–Kier alpha value is -2.58. The van der Waals surface area contributed by atoms with Crippen LogP contribution in [0.15, 0.2) is 48.5 Å². The van der Waals surface area contributed by atoms with Crippen molar-refractivity contribution in [2.24, 2.45) is 0 Å². The topological polar surface area (TPSA) is 79.0 Å². The molecule has 2 aromatic rings. The molecule has 0 aliphatic heterocycles. The Labute approximate surface area is 160 Å². The van der Waals surface area contributed by atoms with Crippen LogP contribution < -0.4 is 15.0 Å². The number of nitrogens with zero attached hydrogens (tertiary/aromatic N) is 2. The Morgan fingerprint density at radius 3 is 2.11 bits per heavy atom. The summed E-state index contributed by atoms with van der Waals surface area (Å²) < 4.78 is 30.4. The van der Waals surface area contributed by atoms with Crippen molar-refractivity contribution in [1.82, 2.24) is 4.31 Å². The zero-order valence-corrected chi connectivity index (χ0v) is 16.8. The lowest BCUT2D eigenvalue weighted by atomic mass is 10.2. The van der Waals surface area contributed by atoms with E-state index in [0.29, 0.717) is 11.4 Å². The van der Waals surface area contributed by atoms with Gasteiger partial charge in [0.05, 0.1) is 19.9 Å². The largest absolute Gasteiger partial charge is 0.497 e. The van der Waals surface area contributed by atoms with Crippen LogP contribution in [0.1, 0.15) is 5.56 Å². The van der Waals surface area contributed by atoms with E-state index in [1.54, 1.807) is 43.5 Å². The fourth-order valence-corrected chi connectivity index (χ4v) is 3.16. The second-order valence-corrected chi connectivity index (χ2v) is 8.35. The summed E-state index contributed by atoms with van der Waals surface area (Å²) in [4.78, 5) is 14.3. The van der Waals surface area contributed by atoms with Crippen molar-refractivity contribution in [1.29, 1.82) is 0 Å². The molecular weight excluding hydrogens is 366 g/mol. The molecule has 2 rings (SSSR count). The number of rotatable bonds is 8. The summed E-state index contributed by atoms with van der Waals surface area (Å²) in [6.45, 7) is -0.157. The number of carbonyl (C=O) groups excluding carboxylic acids is 1. The van der Waals surface area contributed by atoms with Gasteiger partial charge in [-0.05, 0) is 42.0 Å². The third-order valence-corrected chi connectivity index (χ3v) is 5.17. The molecule has 0 fully saturated rings. The predicted molar refractivity (Wildman–Crippen MR) is 108 cm³/mol. The van der Waals surface area contributed by atoms with E-state index in [-0.39, 0.29) is 13.1 Å². The molecule has 0 atom stereocenters. The molecule has 0 aliphatic rings. The Kier molecular flexibility index (Phi) is 6.81. The minimum Gasteiger partial charge on any atom is -0.497 e. The van der Waals surface area contributed by atoms with E-state index in [1.165, 1.54) is 0 Å². The van der Waals surface area contributed by atoms with Crippen LogP contribution in [0, 0.1) is 0 Å². The number of sulfonamides is 1. The second kappa shape index (κ2) is 8.88. The normalized spacial score (nSPS) is 11.3. The van der Waals surface area contributed by atoms with Gasteiger partial charge in [0.25, 0.3) is 0 Å². The molecule has 0 radical (unpaired) electrons. The Morgan fingerprint density at radius 1 is 1.04 bits per heavy atom. The zero-order chi connectivity index (χ0) is 20.0. The van der Waals surface area contributed by atoms with Crippen LogP contribution in [0.3, 0.4) is 0 Å². The van der Waals surface area contributed by atoms with E-state index in [9.17, 15) is 13.2 Å². The molecule has 0 saturated heterocycles. The number of amides is 1. The Morgan fingerprint density at radius 2 is 1.63 bits per heavy atom. The standard InChI is InChI=1S/C19H25N3O4S/c1-21(2)17-9-7-16(8-10-17)20-19(23)14-22(27(4,24)25)13-15-5-11-18(26-3)12-6-15/h5-12H,13-14H2,1-4H3,(H,20,23). The maximum absolute atomic E-state index is 12.3. The molecule has 8 heteroatoms. The van der Waals surface area contributed by atoms with Crippen LogP contribution in [-0.2, 0) is 21.4 Å². The van der Waals surface area contributed by atoms with Gasteiger partial charge in [-0.3, -0.25) is 4.79 Å². The summed E-state index contributed by atoms with van der Waals surface area (Å²) in [5.74, 6) is 0.287. The lowest BCUT2D eigenvalue weighted by molar-refractivity contribution is -0.116. The first-order valence-corrected chi connectivity index (χ1v) is 10.2. The van der Waals surface area contributed by atoms with Gasteiger partial charge in [-0.25, -0.2) is 8.42 Å². The zero-order valence-electron chi connectivity index (χ0n) is 16.0. The molecule has 1 N–H and O–H groups in total. The quantitative estimate of drug-likeness (QED) is 0.746. The Bertz CT molecular complexity index is 863. The van der Waals surface area contributed by atoms with E-state index < -0.39 is 15.9 Å². The average molecular weight is 391 g/mol. The molecule has 0 bridgehead atoms. The number of methoxy groups -OCH3 is 1. The van der Waals surface area contributed by atoms with Crippen LogP contribution in [0.25, 0.3) is 0 Å². The predicted octanol–water partition coefficient (Wildman–Crippen LogP) is 2.16. The lowest BCUT2D eigenvalue weighted by Crippen LogP contribution is -2.36. The molecule has 27 heavy (non-hydrogen) atoms. The van der Waals surface area contributed by atoms with Crippen molar-refractivity contribution in [3.05, 3.63) is 54.1 Å². The van der Waals surface area contributed by atoms with Gasteiger partial charge >= 0.3 is 0 Å². The van der Waals surface area contributed by atoms with E-state index in [4.69, 9.17) is 4.74 Å². The molecular formula is C19H25N3O4S. The molecule has 0 unspecified atom stereocenters. The Balaban J connectivity index is 2.05. The monoisotopic (exact) mass is 391 g/mol. The van der Waals surface area contributed by atoms with E-state index >= 15 is 0 Å². The maximum Gasteiger partial charge on any atom is 0.239 e. The molecule has 0 spiro atoms. The van der Waals surface area contributed by atoms with Crippen molar-refractivity contribution >= 4 is 27.3 Å². The molecule has 146 valence electrons. The van der Waals surface area contributed by atoms with Gasteiger partial charge in [0.15, 0.2) is 0 Å². The first-order chi connectivity index (χ1) is 12.7. The lowest BCUT2D eigenvalue weighted by Gasteiger charge is -2.20. The summed E-state index contributed by atoms with van der Waals surface area (Å²) >= 11 is 0. The molecule has 7 nitrogen and oxygen atoms in total. The van der Waals surface area contributed by atoms with Crippen molar-refractivity contribution in [3.8, 4) is 5.75 Å². The summed E-state index contributed by atoms with van der Waals surface area (Å²) in [6.07, 6.45) is 1.09. The van der Waals surface area contributed by atoms with E-state index in [0.717, 1.165) is 21.8 Å².